The van der Waals surface area contributed by atoms with Crippen LogP contribution in [0.5, 0.6) is 0 Å². The number of nitrogens with zero attached hydrogens (tertiary/aromatic N) is 3. The first-order valence-electron chi connectivity index (χ1n) is 6.62. The minimum atomic E-state index is 0.240. The van der Waals surface area contributed by atoms with E-state index >= 15 is 0 Å². The molecule has 0 bridgehead atoms. The van der Waals surface area contributed by atoms with Gasteiger partial charge in [-0.05, 0) is 36.8 Å². The number of aromatic nitrogens is 2. The van der Waals surface area contributed by atoms with Crippen molar-refractivity contribution in [2.75, 3.05) is 18.0 Å². The zero-order chi connectivity index (χ0) is 13.2. The molecule has 4 nitrogen and oxygen atoms in total. The van der Waals surface area contributed by atoms with Crippen LogP contribution >= 0.6 is 11.3 Å². The molecule has 1 unspecified atom stereocenters. The number of piperidine rings is 1. The van der Waals surface area contributed by atoms with Crippen LogP contribution in [-0.2, 0) is 0 Å². The molecule has 2 aromatic heterocycles. The Morgan fingerprint density at radius 2 is 2.37 bits per heavy atom. The van der Waals surface area contributed by atoms with Gasteiger partial charge >= 0.3 is 0 Å². The molecule has 100 valence electrons. The Kier molecular flexibility index (Phi) is 3.48. The van der Waals surface area contributed by atoms with Crippen molar-refractivity contribution in [2.24, 2.45) is 5.73 Å². The molecular formula is C14H18N4S. The van der Waals surface area contributed by atoms with Crippen LogP contribution in [-0.4, -0.2) is 29.1 Å². The Morgan fingerprint density at radius 3 is 3.11 bits per heavy atom. The molecule has 0 aromatic carbocycles. The summed E-state index contributed by atoms with van der Waals surface area (Å²) in [6, 6.07) is 4.40. The van der Waals surface area contributed by atoms with Crippen molar-refractivity contribution < 1.29 is 0 Å². The van der Waals surface area contributed by atoms with Gasteiger partial charge in [0, 0.05) is 25.3 Å². The molecule has 19 heavy (non-hydrogen) atoms. The van der Waals surface area contributed by atoms with E-state index in [1.165, 1.54) is 4.88 Å². The molecule has 2 aromatic rings. The van der Waals surface area contributed by atoms with Gasteiger partial charge in [0.1, 0.15) is 0 Å². The van der Waals surface area contributed by atoms with Gasteiger partial charge in [-0.25, -0.2) is 9.97 Å². The Balaban J connectivity index is 1.93. The van der Waals surface area contributed by atoms with Crippen molar-refractivity contribution in [3.63, 3.8) is 0 Å². The van der Waals surface area contributed by atoms with E-state index in [1.807, 2.05) is 6.20 Å². The van der Waals surface area contributed by atoms with Gasteiger partial charge in [0.2, 0.25) is 5.95 Å². The van der Waals surface area contributed by atoms with Crippen LogP contribution in [0.25, 0.3) is 10.6 Å². The Morgan fingerprint density at radius 1 is 1.47 bits per heavy atom. The second-order valence-electron chi connectivity index (χ2n) is 5.03. The topological polar surface area (TPSA) is 55.0 Å². The van der Waals surface area contributed by atoms with Crippen LogP contribution in [0.3, 0.4) is 0 Å². The summed E-state index contributed by atoms with van der Waals surface area (Å²) in [7, 11) is 0. The lowest BCUT2D eigenvalue weighted by molar-refractivity contribution is 0.500. The van der Waals surface area contributed by atoms with Crippen LogP contribution in [0.4, 0.5) is 5.95 Å². The average molecular weight is 274 g/mol. The lowest BCUT2D eigenvalue weighted by atomic mass is 10.1. The molecule has 1 saturated heterocycles. The van der Waals surface area contributed by atoms with E-state index in [4.69, 9.17) is 10.7 Å². The molecular weight excluding hydrogens is 256 g/mol. The van der Waals surface area contributed by atoms with Crippen molar-refractivity contribution in [3.8, 4) is 10.6 Å². The minimum absolute atomic E-state index is 0.240. The summed E-state index contributed by atoms with van der Waals surface area (Å²) in [5.41, 5.74) is 8.19. The van der Waals surface area contributed by atoms with Crippen molar-refractivity contribution in [1.82, 2.24) is 9.97 Å². The second-order valence-corrected chi connectivity index (χ2v) is 5.97. The van der Waals surface area contributed by atoms with Gasteiger partial charge in [0.05, 0.1) is 10.6 Å². The lowest BCUT2D eigenvalue weighted by Crippen LogP contribution is -2.43. The number of thiophene rings is 1. The first-order chi connectivity index (χ1) is 9.24. The van der Waals surface area contributed by atoms with E-state index in [2.05, 4.69) is 34.3 Å². The van der Waals surface area contributed by atoms with Gasteiger partial charge in [-0.2, -0.15) is 0 Å². The molecule has 0 radical (unpaired) electrons. The van der Waals surface area contributed by atoms with Crippen LogP contribution in [0, 0.1) is 6.92 Å². The van der Waals surface area contributed by atoms with Gasteiger partial charge in [-0.1, -0.05) is 6.07 Å². The van der Waals surface area contributed by atoms with Gasteiger partial charge < -0.3 is 10.6 Å². The summed E-state index contributed by atoms with van der Waals surface area (Å²) in [6.07, 6.45) is 4.13. The maximum absolute atomic E-state index is 6.03. The maximum Gasteiger partial charge on any atom is 0.225 e. The van der Waals surface area contributed by atoms with E-state index < -0.39 is 0 Å². The molecule has 1 fully saturated rings. The van der Waals surface area contributed by atoms with E-state index in [0.29, 0.717) is 0 Å². The monoisotopic (exact) mass is 274 g/mol. The maximum atomic E-state index is 6.03. The summed E-state index contributed by atoms with van der Waals surface area (Å²) < 4.78 is 0. The standard InChI is InChI=1S/C14H18N4S/c1-10-8-16-14(18-6-2-4-11(15)9-18)17-13(10)12-5-3-7-19-12/h3,5,7-8,11H,2,4,6,9,15H2,1H3. The van der Waals surface area contributed by atoms with Crippen LogP contribution in [0.1, 0.15) is 18.4 Å². The molecule has 0 amide bonds. The Hall–Kier alpha value is -1.46. The number of hydrogen-bond donors (Lipinski definition) is 1. The summed E-state index contributed by atoms with van der Waals surface area (Å²) in [5.74, 6) is 0.809. The summed E-state index contributed by atoms with van der Waals surface area (Å²) in [5, 5.41) is 2.08. The zero-order valence-corrected chi connectivity index (χ0v) is 11.9. The van der Waals surface area contributed by atoms with Gasteiger partial charge in [0.15, 0.2) is 0 Å². The van der Waals surface area contributed by atoms with E-state index in [-0.39, 0.29) is 6.04 Å². The van der Waals surface area contributed by atoms with Gasteiger partial charge in [-0.3, -0.25) is 0 Å². The quantitative estimate of drug-likeness (QED) is 0.914. The molecule has 2 N–H and O–H groups in total. The molecule has 0 spiro atoms. The highest BCUT2D eigenvalue weighted by molar-refractivity contribution is 7.13. The number of rotatable bonds is 2. The predicted molar refractivity (Wildman–Crippen MR) is 79.5 cm³/mol. The molecule has 0 aliphatic carbocycles. The van der Waals surface area contributed by atoms with Gasteiger partial charge in [0.25, 0.3) is 0 Å². The predicted octanol–water partition coefficient (Wildman–Crippen LogP) is 2.44. The fourth-order valence-electron chi connectivity index (χ4n) is 2.44. The average Bonchev–Trinajstić information content (AvgIpc) is 2.93. The number of nitrogens with two attached hydrogens (primary N) is 1. The highest BCUT2D eigenvalue weighted by atomic mass is 32.1. The lowest BCUT2D eigenvalue weighted by Gasteiger charge is -2.30. The fourth-order valence-corrected chi connectivity index (χ4v) is 3.22. The highest BCUT2D eigenvalue weighted by Crippen LogP contribution is 2.27. The summed E-state index contributed by atoms with van der Waals surface area (Å²) in [4.78, 5) is 12.6. The fraction of sp³-hybridized carbons (Fsp3) is 0.429. The molecule has 3 heterocycles. The molecule has 5 heteroatoms. The molecule has 3 rings (SSSR count). The van der Waals surface area contributed by atoms with E-state index in [9.17, 15) is 0 Å². The van der Waals surface area contributed by atoms with Crippen molar-refractivity contribution in [3.05, 3.63) is 29.3 Å². The van der Waals surface area contributed by atoms with Crippen LogP contribution < -0.4 is 10.6 Å². The summed E-state index contributed by atoms with van der Waals surface area (Å²) in [6.45, 7) is 3.91. The van der Waals surface area contributed by atoms with Crippen LogP contribution in [0.2, 0.25) is 0 Å². The highest BCUT2D eigenvalue weighted by Gasteiger charge is 2.19. The number of aryl methyl sites for hydroxylation is 1. The second kappa shape index (κ2) is 5.27. The minimum Gasteiger partial charge on any atom is -0.339 e. The van der Waals surface area contributed by atoms with E-state index in [1.54, 1.807) is 11.3 Å². The van der Waals surface area contributed by atoms with Crippen molar-refractivity contribution in [1.29, 1.82) is 0 Å². The normalized spacial score (nSPS) is 19.7. The van der Waals surface area contributed by atoms with E-state index in [0.717, 1.165) is 43.1 Å². The Labute approximate surface area is 117 Å². The molecule has 1 atom stereocenters. The third kappa shape index (κ3) is 2.62. The molecule has 0 saturated carbocycles. The largest absolute Gasteiger partial charge is 0.339 e. The van der Waals surface area contributed by atoms with Gasteiger partial charge in [-0.15, -0.1) is 11.3 Å². The Bertz CT molecular complexity index is 553. The third-order valence-electron chi connectivity index (χ3n) is 3.45. The van der Waals surface area contributed by atoms with Crippen molar-refractivity contribution in [2.45, 2.75) is 25.8 Å². The molecule has 1 aliphatic heterocycles. The first kappa shape index (κ1) is 12.6. The zero-order valence-electron chi connectivity index (χ0n) is 11.0. The van der Waals surface area contributed by atoms with Crippen LogP contribution in [0.15, 0.2) is 23.7 Å². The van der Waals surface area contributed by atoms with Crippen molar-refractivity contribution >= 4 is 17.3 Å². The number of anilines is 1. The third-order valence-corrected chi connectivity index (χ3v) is 4.33. The molecule has 1 aliphatic rings. The number of hydrogen-bond acceptors (Lipinski definition) is 5. The summed E-state index contributed by atoms with van der Waals surface area (Å²) >= 11 is 1.71. The first-order valence-corrected chi connectivity index (χ1v) is 7.50. The smallest absolute Gasteiger partial charge is 0.225 e. The SMILES string of the molecule is Cc1cnc(N2CCCC(N)C2)nc1-c1cccs1.